The van der Waals surface area contributed by atoms with E-state index in [0.717, 1.165) is 17.7 Å². The number of carbonyl (C=O) groups is 1. The summed E-state index contributed by atoms with van der Waals surface area (Å²) in [5.41, 5.74) is 0.963. The summed E-state index contributed by atoms with van der Waals surface area (Å²) in [5.74, 6) is 0.419. The molecule has 3 nitrogen and oxygen atoms in total. The molecule has 82 valence electrons. The molecule has 0 aliphatic heterocycles. The van der Waals surface area contributed by atoms with E-state index < -0.39 is 0 Å². The van der Waals surface area contributed by atoms with Gasteiger partial charge in [0.15, 0.2) is 0 Å². The molecule has 0 fully saturated rings. The third kappa shape index (κ3) is 2.72. The van der Waals surface area contributed by atoms with E-state index in [0.29, 0.717) is 0 Å². The first-order valence-electron chi connectivity index (χ1n) is 4.94. The molecule has 0 spiro atoms. The van der Waals surface area contributed by atoms with Crippen molar-refractivity contribution in [3.8, 4) is 5.75 Å². The molecule has 1 aromatic carbocycles. The van der Waals surface area contributed by atoms with E-state index in [1.807, 2.05) is 31.2 Å². The Morgan fingerprint density at radius 3 is 2.27 bits per heavy atom. The molecular formula is C12H16O3. The van der Waals surface area contributed by atoms with E-state index >= 15 is 0 Å². The lowest BCUT2D eigenvalue weighted by Crippen LogP contribution is -2.13. The lowest BCUT2D eigenvalue weighted by molar-refractivity contribution is -0.142. The third-order valence-corrected chi connectivity index (χ3v) is 2.41. The topological polar surface area (TPSA) is 35.5 Å². The number of hydrogen-bond donors (Lipinski definition) is 0. The lowest BCUT2D eigenvalue weighted by atomic mass is 9.97. The van der Waals surface area contributed by atoms with Crippen molar-refractivity contribution in [3.63, 3.8) is 0 Å². The molecule has 3 heteroatoms. The van der Waals surface area contributed by atoms with Gasteiger partial charge in [0, 0.05) is 0 Å². The summed E-state index contributed by atoms with van der Waals surface area (Å²) in [7, 11) is 3.03. The largest absolute Gasteiger partial charge is 0.497 e. The zero-order chi connectivity index (χ0) is 11.3. The van der Waals surface area contributed by atoms with Crippen molar-refractivity contribution in [1.29, 1.82) is 0 Å². The zero-order valence-electron chi connectivity index (χ0n) is 9.32. The van der Waals surface area contributed by atoms with Crippen molar-refractivity contribution in [2.45, 2.75) is 19.3 Å². The number of benzene rings is 1. The van der Waals surface area contributed by atoms with Crippen LogP contribution in [0.15, 0.2) is 24.3 Å². The fourth-order valence-electron chi connectivity index (χ4n) is 1.52. The Hall–Kier alpha value is -1.51. The fraction of sp³-hybridized carbons (Fsp3) is 0.417. The summed E-state index contributed by atoms with van der Waals surface area (Å²) in [6.45, 7) is 1.96. The van der Waals surface area contributed by atoms with Crippen LogP contribution in [0, 0.1) is 0 Å². The molecule has 0 radical (unpaired) electrons. The van der Waals surface area contributed by atoms with Gasteiger partial charge in [0.2, 0.25) is 0 Å². The molecule has 0 saturated heterocycles. The predicted octanol–water partition coefficient (Wildman–Crippen LogP) is 2.36. The van der Waals surface area contributed by atoms with E-state index in [-0.39, 0.29) is 11.9 Å². The molecular weight excluding hydrogens is 192 g/mol. The van der Waals surface area contributed by atoms with Crippen molar-refractivity contribution in [3.05, 3.63) is 29.8 Å². The van der Waals surface area contributed by atoms with Gasteiger partial charge in [-0.3, -0.25) is 4.79 Å². The Morgan fingerprint density at radius 1 is 1.27 bits per heavy atom. The molecule has 0 unspecified atom stereocenters. The maximum Gasteiger partial charge on any atom is 0.313 e. The van der Waals surface area contributed by atoms with Crippen LogP contribution >= 0.6 is 0 Å². The highest BCUT2D eigenvalue weighted by molar-refractivity contribution is 5.77. The SMILES string of the molecule is CC[C@@H](C(=O)OC)c1ccc(OC)cc1. The maximum atomic E-state index is 11.4. The summed E-state index contributed by atoms with van der Waals surface area (Å²) in [5, 5.41) is 0. The van der Waals surface area contributed by atoms with Crippen LogP contribution in [0.5, 0.6) is 5.75 Å². The highest BCUT2D eigenvalue weighted by Gasteiger charge is 2.18. The predicted molar refractivity (Wildman–Crippen MR) is 58.0 cm³/mol. The van der Waals surface area contributed by atoms with Crippen LogP contribution < -0.4 is 4.74 Å². The first kappa shape index (κ1) is 11.6. The van der Waals surface area contributed by atoms with E-state index in [9.17, 15) is 4.79 Å². The Bertz CT molecular complexity index is 316. The molecule has 1 rings (SSSR count). The Morgan fingerprint density at radius 2 is 1.87 bits per heavy atom. The Kier molecular flexibility index (Phi) is 4.16. The average Bonchev–Trinajstić information content (AvgIpc) is 2.30. The van der Waals surface area contributed by atoms with Gasteiger partial charge < -0.3 is 9.47 Å². The van der Waals surface area contributed by atoms with Gasteiger partial charge >= 0.3 is 5.97 Å². The van der Waals surface area contributed by atoms with Crippen LogP contribution in [0.2, 0.25) is 0 Å². The van der Waals surface area contributed by atoms with E-state index in [1.54, 1.807) is 7.11 Å². The second-order valence-corrected chi connectivity index (χ2v) is 3.26. The molecule has 1 atom stereocenters. The molecule has 0 heterocycles. The van der Waals surface area contributed by atoms with Crippen molar-refractivity contribution in [1.82, 2.24) is 0 Å². The molecule has 0 bridgehead atoms. The van der Waals surface area contributed by atoms with Crippen molar-refractivity contribution < 1.29 is 14.3 Å². The van der Waals surface area contributed by atoms with Crippen molar-refractivity contribution >= 4 is 5.97 Å². The number of rotatable bonds is 4. The smallest absolute Gasteiger partial charge is 0.313 e. The first-order valence-corrected chi connectivity index (χ1v) is 4.94. The van der Waals surface area contributed by atoms with Gasteiger partial charge in [0.25, 0.3) is 0 Å². The van der Waals surface area contributed by atoms with E-state index in [4.69, 9.17) is 9.47 Å². The van der Waals surface area contributed by atoms with E-state index in [2.05, 4.69) is 0 Å². The minimum atomic E-state index is -0.192. The maximum absolute atomic E-state index is 11.4. The van der Waals surface area contributed by atoms with Gasteiger partial charge in [-0.1, -0.05) is 19.1 Å². The van der Waals surface area contributed by atoms with Crippen LogP contribution in [-0.2, 0) is 9.53 Å². The number of carbonyl (C=O) groups excluding carboxylic acids is 1. The minimum absolute atomic E-state index is 0.180. The fourth-order valence-corrected chi connectivity index (χ4v) is 1.52. The van der Waals surface area contributed by atoms with Gasteiger partial charge in [0.05, 0.1) is 20.1 Å². The third-order valence-electron chi connectivity index (χ3n) is 2.41. The molecule has 15 heavy (non-hydrogen) atoms. The second-order valence-electron chi connectivity index (χ2n) is 3.26. The highest BCUT2D eigenvalue weighted by atomic mass is 16.5. The quantitative estimate of drug-likeness (QED) is 0.712. The number of esters is 1. The summed E-state index contributed by atoms with van der Waals surface area (Å²) in [6, 6.07) is 7.48. The summed E-state index contributed by atoms with van der Waals surface area (Å²) >= 11 is 0. The molecule has 0 amide bonds. The Balaban J connectivity index is 2.87. The number of methoxy groups -OCH3 is 2. The van der Waals surface area contributed by atoms with Crippen LogP contribution in [-0.4, -0.2) is 20.2 Å². The monoisotopic (exact) mass is 208 g/mol. The molecule has 1 aromatic rings. The molecule has 0 N–H and O–H groups in total. The molecule has 0 aliphatic carbocycles. The minimum Gasteiger partial charge on any atom is -0.497 e. The average molecular weight is 208 g/mol. The molecule has 0 saturated carbocycles. The van der Waals surface area contributed by atoms with Crippen molar-refractivity contribution in [2.24, 2.45) is 0 Å². The number of hydrogen-bond acceptors (Lipinski definition) is 3. The van der Waals surface area contributed by atoms with Gasteiger partial charge in [-0.05, 0) is 24.1 Å². The van der Waals surface area contributed by atoms with Gasteiger partial charge in [0.1, 0.15) is 5.75 Å². The summed E-state index contributed by atoms with van der Waals surface area (Å²) in [6.07, 6.45) is 0.735. The first-order chi connectivity index (χ1) is 7.22. The van der Waals surface area contributed by atoms with Gasteiger partial charge in [-0.15, -0.1) is 0 Å². The molecule has 0 aromatic heterocycles. The van der Waals surface area contributed by atoms with Gasteiger partial charge in [-0.25, -0.2) is 0 Å². The Labute approximate surface area is 90.0 Å². The van der Waals surface area contributed by atoms with Gasteiger partial charge in [-0.2, -0.15) is 0 Å². The second kappa shape index (κ2) is 5.39. The standard InChI is InChI=1S/C12H16O3/c1-4-11(12(13)15-3)9-5-7-10(14-2)8-6-9/h5-8,11H,4H2,1-3H3/t11-/m1/s1. The van der Waals surface area contributed by atoms with Crippen LogP contribution in [0.3, 0.4) is 0 Å². The van der Waals surface area contributed by atoms with Crippen LogP contribution in [0.4, 0.5) is 0 Å². The number of ether oxygens (including phenoxy) is 2. The highest BCUT2D eigenvalue weighted by Crippen LogP contribution is 2.23. The summed E-state index contributed by atoms with van der Waals surface area (Å²) < 4.78 is 9.80. The van der Waals surface area contributed by atoms with Crippen LogP contribution in [0.25, 0.3) is 0 Å². The zero-order valence-corrected chi connectivity index (χ0v) is 9.32. The lowest BCUT2D eigenvalue weighted by Gasteiger charge is -2.12. The molecule has 0 aliphatic rings. The van der Waals surface area contributed by atoms with E-state index in [1.165, 1.54) is 7.11 Å². The van der Waals surface area contributed by atoms with Crippen molar-refractivity contribution in [2.75, 3.05) is 14.2 Å². The van der Waals surface area contributed by atoms with Crippen LogP contribution in [0.1, 0.15) is 24.8 Å². The normalized spacial score (nSPS) is 11.9. The summed E-state index contributed by atoms with van der Waals surface area (Å²) in [4.78, 5) is 11.4.